The maximum Gasteiger partial charge on any atom is 0.349 e. The van der Waals surface area contributed by atoms with E-state index in [2.05, 4.69) is 0 Å². The Bertz CT molecular complexity index is 1080. The molecule has 2 aliphatic heterocycles. The van der Waals surface area contributed by atoms with Crippen LogP contribution in [0.4, 0.5) is 0 Å². The summed E-state index contributed by atoms with van der Waals surface area (Å²) in [5.41, 5.74) is 0. The van der Waals surface area contributed by atoms with E-state index in [1.165, 1.54) is 10.1 Å². The fraction of sp³-hybridized carbons (Fsp3) is 0.333. The molecule has 4 atom stereocenters. The first-order chi connectivity index (χ1) is 17.3. The fourth-order valence-corrected chi connectivity index (χ4v) is 6.96. The Balaban J connectivity index is 1.19. The Morgan fingerprint density at radius 2 is 1.08 bits per heavy atom. The van der Waals surface area contributed by atoms with Crippen molar-refractivity contribution in [3.05, 3.63) is 70.7 Å². The Morgan fingerprint density at radius 1 is 0.722 bits per heavy atom. The molecule has 0 amide bonds. The van der Waals surface area contributed by atoms with Gasteiger partial charge in [0.15, 0.2) is 0 Å². The average molecular weight is 572 g/mol. The Kier molecular flexibility index (Phi) is 9.32. The number of carbonyl (C=O) groups excluding carboxylic acids is 2. The molecular weight excluding hydrogens is 547 g/mol. The third-order valence-electron chi connectivity index (χ3n) is 5.71. The predicted octanol–water partition coefficient (Wildman–Crippen LogP) is 3.53. The lowest BCUT2D eigenvalue weighted by Crippen LogP contribution is -2.28. The van der Waals surface area contributed by atoms with Crippen molar-refractivity contribution in [2.75, 3.05) is 26.2 Å². The van der Waals surface area contributed by atoms with Crippen molar-refractivity contribution in [2.45, 2.75) is 33.1 Å². The summed E-state index contributed by atoms with van der Waals surface area (Å²) in [5, 5.41) is 3.64. The molecule has 0 spiro atoms. The van der Waals surface area contributed by atoms with Gasteiger partial charge in [0.25, 0.3) is 0 Å². The molecule has 192 valence electrons. The van der Waals surface area contributed by atoms with Gasteiger partial charge in [-0.15, -0.1) is 10.1 Å². The summed E-state index contributed by atoms with van der Waals surface area (Å²) in [7, 11) is -2.51. The Morgan fingerprint density at radius 3 is 1.44 bits per heavy atom. The number of rotatable bonds is 8. The zero-order chi connectivity index (χ0) is 25.7. The molecule has 2 aromatic carbocycles. The van der Waals surface area contributed by atoms with E-state index < -0.39 is 33.5 Å². The van der Waals surface area contributed by atoms with Crippen molar-refractivity contribution in [1.29, 1.82) is 0 Å². The lowest BCUT2D eigenvalue weighted by Gasteiger charge is -2.15. The molecule has 2 heterocycles. The van der Waals surface area contributed by atoms with E-state index in [1.807, 2.05) is 0 Å². The smallest absolute Gasteiger partial charge is 0.349 e. The van der Waals surface area contributed by atoms with E-state index >= 15 is 0 Å². The molecule has 12 heteroatoms. The van der Waals surface area contributed by atoms with E-state index in [9.17, 15) is 18.0 Å². The lowest BCUT2D eigenvalue weighted by atomic mass is 10.4. The number of halogens is 2. The molecule has 4 rings (SSSR count). The molecule has 2 aromatic rings. The minimum atomic E-state index is -1.25. The van der Waals surface area contributed by atoms with E-state index in [0.717, 1.165) is 12.2 Å². The Hall–Kier alpha value is -2.08. The van der Waals surface area contributed by atoms with Gasteiger partial charge < -0.3 is 9.68 Å². The van der Waals surface area contributed by atoms with Crippen LogP contribution in [0.15, 0.2) is 70.5 Å². The summed E-state index contributed by atoms with van der Waals surface area (Å²) >= 11 is 11.8. The number of carbonyl (C=O) groups is 2. The van der Waals surface area contributed by atoms with Gasteiger partial charge in [0.2, 0.25) is 0 Å². The standard InChI is InChI=1S/C24H24Cl2N2O6S2/c25-17-1-5-19(6-2-17)35(31)21-11-13-27(15-21)33-23(29)9-10-24(30)34-28-14-12-22(16-28)36(32)20-7-3-18(26)4-8-20/h1-10,21-22H,11-16H2/b10-9-. The largest absolute Gasteiger partial charge is 0.364 e. The van der Waals surface area contributed by atoms with Crippen molar-refractivity contribution in [3.63, 3.8) is 0 Å². The van der Waals surface area contributed by atoms with Crippen LogP contribution in [0.25, 0.3) is 0 Å². The van der Waals surface area contributed by atoms with Crippen LogP contribution in [0.3, 0.4) is 0 Å². The average Bonchev–Trinajstić information content (AvgIpc) is 3.53. The molecule has 0 aromatic heterocycles. The maximum absolute atomic E-state index is 12.7. The molecule has 2 fully saturated rings. The third kappa shape index (κ3) is 7.24. The number of hydrogen-bond acceptors (Lipinski definition) is 8. The van der Waals surface area contributed by atoms with Crippen LogP contribution in [0.5, 0.6) is 0 Å². The molecule has 8 nitrogen and oxygen atoms in total. The number of hydrogen-bond donors (Lipinski definition) is 0. The van der Waals surface area contributed by atoms with E-state index in [4.69, 9.17) is 32.9 Å². The zero-order valence-electron chi connectivity index (χ0n) is 19.1. The molecule has 0 saturated carbocycles. The van der Waals surface area contributed by atoms with E-state index in [0.29, 0.717) is 58.9 Å². The molecule has 0 N–H and O–H groups in total. The number of benzene rings is 2. The van der Waals surface area contributed by atoms with Gasteiger partial charge in [-0.05, 0) is 61.4 Å². The minimum Gasteiger partial charge on any atom is -0.364 e. The van der Waals surface area contributed by atoms with Crippen LogP contribution in [0.2, 0.25) is 10.0 Å². The highest BCUT2D eigenvalue weighted by Gasteiger charge is 2.31. The first-order valence-electron chi connectivity index (χ1n) is 11.2. The first kappa shape index (κ1) is 27.0. The normalized spacial score (nSPS) is 22.5. The highest BCUT2D eigenvalue weighted by atomic mass is 35.5. The van der Waals surface area contributed by atoms with E-state index in [1.54, 1.807) is 48.5 Å². The van der Waals surface area contributed by atoms with Crippen molar-refractivity contribution < 1.29 is 27.7 Å². The van der Waals surface area contributed by atoms with Crippen molar-refractivity contribution in [1.82, 2.24) is 10.1 Å². The van der Waals surface area contributed by atoms with Crippen molar-refractivity contribution >= 4 is 56.7 Å². The minimum absolute atomic E-state index is 0.186. The number of nitrogens with zero attached hydrogens (tertiary/aromatic N) is 2. The SMILES string of the molecule is O=C(/C=C\C(=O)ON1CCC(S(=O)c2ccc(Cl)cc2)C1)ON1CCC(S(=O)c2ccc(Cl)cc2)C1. The maximum atomic E-state index is 12.7. The van der Waals surface area contributed by atoms with Crippen LogP contribution < -0.4 is 0 Å². The third-order valence-corrected chi connectivity index (χ3v) is 9.66. The molecular formula is C24H24Cl2N2O6S2. The Labute approximate surface area is 223 Å². The second-order valence-electron chi connectivity index (χ2n) is 8.25. The predicted molar refractivity (Wildman–Crippen MR) is 137 cm³/mol. The van der Waals surface area contributed by atoms with Gasteiger partial charge in [-0.2, -0.15) is 0 Å². The molecule has 0 bridgehead atoms. The molecule has 0 aliphatic carbocycles. The molecule has 2 aliphatic rings. The summed E-state index contributed by atoms with van der Waals surface area (Å²) in [6.45, 7) is 1.51. The van der Waals surface area contributed by atoms with Crippen LogP contribution >= 0.6 is 23.2 Å². The highest BCUT2D eigenvalue weighted by Crippen LogP contribution is 2.23. The second-order valence-corrected chi connectivity index (χ2v) is 12.6. The van der Waals surface area contributed by atoms with Gasteiger partial charge >= 0.3 is 11.9 Å². The van der Waals surface area contributed by atoms with Gasteiger partial charge in [-0.25, -0.2) is 9.59 Å². The lowest BCUT2D eigenvalue weighted by molar-refractivity contribution is -0.181. The van der Waals surface area contributed by atoms with E-state index in [-0.39, 0.29) is 10.5 Å². The van der Waals surface area contributed by atoms with Crippen molar-refractivity contribution in [2.24, 2.45) is 0 Å². The summed E-state index contributed by atoms with van der Waals surface area (Å²) in [4.78, 5) is 36.1. The van der Waals surface area contributed by atoms with Crippen molar-refractivity contribution in [3.8, 4) is 0 Å². The fourth-order valence-electron chi connectivity index (χ4n) is 3.88. The number of hydroxylamine groups is 4. The van der Waals surface area contributed by atoms with Gasteiger partial charge in [0, 0.05) is 58.2 Å². The molecule has 4 unspecified atom stereocenters. The molecule has 2 saturated heterocycles. The highest BCUT2D eigenvalue weighted by molar-refractivity contribution is 7.86. The van der Waals surface area contributed by atoms with Crippen LogP contribution in [0, 0.1) is 0 Å². The molecule has 0 radical (unpaired) electrons. The first-order valence-corrected chi connectivity index (χ1v) is 14.4. The van der Waals surface area contributed by atoms with Gasteiger partial charge in [0.1, 0.15) is 0 Å². The second kappa shape index (κ2) is 12.4. The van der Waals surface area contributed by atoms with Crippen LogP contribution in [0.1, 0.15) is 12.8 Å². The van der Waals surface area contributed by atoms with Gasteiger partial charge in [-0.1, -0.05) is 23.2 Å². The summed E-state index contributed by atoms with van der Waals surface area (Å²) in [6.07, 6.45) is 3.18. The monoisotopic (exact) mass is 570 g/mol. The molecule has 36 heavy (non-hydrogen) atoms. The van der Waals surface area contributed by atoms with Gasteiger partial charge in [0.05, 0.1) is 32.1 Å². The van der Waals surface area contributed by atoms with Gasteiger partial charge in [-0.3, -0.25) is 8.42 Å². The van der Waals surface area contributed by atoms with Crippen LogP contribution in [-0.4, -0.2) is 67.2 Å². The topological polar surface area (TPSA) is 93.2 Å². The summed E-state index contributed by atoms with van der Waals surface area (Å²) in [6, 6.07) is 13.6. The summed E-state index contributed by atoms with van der Waals surface area (Å²) in [5.74, 6) is -1.46. The zero-order valence-corrected chi connectivity index (χ0v) is 22.2. The summed E-state index contributed by atoms with van der Waals surface area (Å²) < 4.78 is 25.5. The van der Waals surface area contributed by atoms with Crippen LogP contribution in [-0.2, 0) is 40.9 Å². The quantitative estimate of drug-likeness (QED) is 0.445.